The lowest BCUT2D eigenvalue weighted by atomic mass is 10.2. The number of carbonyl (C=O) groups is 1. The minimum Gasteiger partial charge on any atom is -0.494 e. The molecule has 3 aromatic rings. The zero-order valence-corrected chi connectivity index (χ0v) is 15.4. The van der Waals surface area contributed by atoms with Crippen LogP contribution in [-0.2, 0) is 11.2 Å². The predicted octanol–water partition coefficient (Wildman–Crippen LogP) is 4.04. The summed E-state index contributed by atoms with van der Waals surface area (Å²) in [7, 11) is 0. The Morgan fingerprint density at radius 3 is 2.79 bits per heavy atom. The minimum absolute atomic E-state index is 0.125. The number of ether oxygens (including phenoxy) is 3. The lowest BCUT2D eigenvalue weighted by Gasteiger charge is -2.05. The molecule has 1 amide bonds. The summed E-state index contributed by atoms with van der Waals surface area (Å²) < 4.78 is 21.8. The molecule has 7 nitrogen and oxygen atoms in total. The topological polar surface area (TPSA) is 82.8 Å². The molecule has 0 atom stereocenters. The molecular weight excluding hydrogens is 360 g/mol. The van der Waals surface area contributed by atoms with Crippen LogP contribution in [-0.4, -0.2) is 24.3 Å². The monoisotopic (exact) mass is 380 g/mol. The van der Waals surface area contributed by atoms with Gasteiger partial charge in [-0.1, -0.05) is 0 Å². The molecule has 4 rings (SSSR count). The number of rotatable bonds is 7. The van der Waals surface area contributed by atoms with Crippen LogP contribution in [0.5, 0.6) is 17.2 Å². The molecule has 0 aliphatic carbocycles. The first-order valence-electron chi connectivity index (χ1n) is 9.08. The number of aryl methyl sites for hydroxylation is 1. The van der Waals surface area contributed by atoms with Crippen LogP contribution in [0.15, 0.2) is 53.1 Å². The average Bonchev–Trinajstić information content (AvgIpc) is 3.36. The first-order valence-corrected chi connectivity index (χ1v) is 9.08. The quantitative estimate of drug-likeness (QED) is 0.666. The molecule has 0 saturated carbocycles. The molecule has 2 aromatic carbocycles. The molecule has 0 unspecified atom stereocenters. The van der Waals surface area contributed by atoms with Gasteiger partial charge in [-0.15, -0.1) is 0 Å². The van der Waals surface area contributed by atoms with E-state index in [1.165, 1.54) is 0 Å². The van der Waals surface area contributed by atoms with E-state index in [-0.39, 0.29) is 19.1 Å². The third kappa shape index (κ3) is 4.09. The molecule has 0 radical (unpaired) electrons. The standard InChI is InChI=1S/C21H20N2O5/c1-2-25-16-6-3-14(4-7-16)19-12-22-21(28-19)10-9-20(24)23-15-5-8-17-18(11-15)27-13-26-17/h3-8,11-12H,2,9-10,13H2,1H3,(H,23,24). The first-order chi connectivity index (χ1) is 13.7. The Balaban J connectivity index is 1.32. The summed E-state index contributed by atoms with van der Waals surface area (Å²) in [5.74, 6) is 3.18. The summed E-state index contributed by atoms with van der Waals surface area (Å²) in [4.78, 5) is 16.5. The van der Waals surface area contributed by atoms with Crippen molar-refractivity contribution in [3.05, 3.63) is 54.6 Å². The zero-order valence-electron chi connectivity index (χ0n) is 15.4. The molecule has 0 fully saturated rings. The second-order valence-electron chi connectivity index (χ2n) is 6.19. The van der Waals surface area contributed by atoms with Crippen molar-refractivity contribution < 1.29 is 23.4 Å². The first kappa shape index (κ1) is 17.9. The highest BCUT2D eigenvalue weighted by molar-refractivity contribution is 5.91. The fourth-order valence-corrected chi connectivity index (χ4v) is 2.86. The van der Waals surface area contributed by atoms with E-state index in [4.69, 9.17) is 18.6 Å². The number of fused-ring (bicyclic) bond motifs is 1. The molecule has 144 valence electrons. The molecule has 1 aromatic heterocycles. The summed E-state index contributed by atoms with van der Waals surface area (Å²) >= 11 is 0. The molecule has 1 aliphatic heterocycles. The Bertz CT molecular complexity index is 965. The number of amides is 1. The third-order valence-corrected chi connectivity index (χ3v) is 4.23. The van der Waals surface area contributed by atoms with Crippen molar-refractivity contribution in [2.75, 3.05) is 18.7 Å². The number of nitrogens with zero attached hydrogens (tertiary/aromatic N) is 1. The number of hydrogen-bond acceptors (Lipinski definition) is 6. The van der Waals surface area contributed by atoms with Gasteiger partial charge in [0.2, 0.25) is 12.7 Å². The number of oxazole rings is 1. The fraction of sp³-hybridized carbons (Fsp3) is 0.238. The van der Waals surface area contributed by atoms with Gasteiger partial charge in [-0.2, -0.15) is 0 Å². The van der Waals surface area contributed by atoms with Gasteiger partial charge >= 0.3 is 0 Å². The highest BCUT2D eigenvalue weighted by Gasteiger charge is 2.15. The van der Waals surface area contributed by atoms with Crippen LogP contribution >= 0.6 is 0 Å². The molecule has 7 heteroatoms. The number of hydrogen-bond donors (Lipinski definition) is 1. The lowest BCUT2D eigenvalue weighted by molar-refractivity contribution is -0.116. The van der Waals surface area contributed by atoms with E-state index in [2.05, 4.69) is 10.3 Å². The van der Waals surface area contributed by atoms with Crippen molar-refractivity contribution in [2.24, 2.45) is 0 Å². The van der Waals surface area contributed by atoms with E-state index < -0.39 is 0 Å². The molecule has 0 spiro atoms. The summed E-state index contributed by atoms with van der Waals surface area (Å²) in [5.41, 5.74) is 1.57. The van der Waals surface area contributed by atoms with Crippen LogP contribution < -0.4 is 19.5 Å². The maximum Gasteiger partial charge on any atom is 0.231 e. The van der Waals surface area contributed by atoms with Gasteiger partial charge in [0.1, 0.15) is 5.75 Å². The van der Waals surface area contributed by atoms with Gasteiger partial charge in [0.05, 0.1) is 12.8 Å². The van der Waals surface area contributed by atoms with E-state index in [1.54, 1.807) is 24.4 Å². The van der Waals surface area contributed by atoms with E-state index in [9.17, 15) is 4.79 Å². The Labute approximate surface area is 162 Å². The van der Waals surface area contributed by atoms with E-state index in [1.807, 2.05) is 31.2 Å². The summed E-state index contributed by atoms with van der Waals surface area (Å²) in [6.45, 7) is 2.77. The van der Waals surface area contributed by atoms with Gasteiger partial charge in [-0.3, -0.25) is 4.79 Å². The molecule has 0 saturated heterocycles. The van der Waals surface area contributed by atoms with Gasteiger partial charge in [-0.05, 0) is 43.3 Å². The number of carbonyl (C=O) groups excluding carboxylic acids is 1. The van der Waals surface area contributed by atoms with Crippen molar-refractivity contribution in [2.45, 2.75) is 19.8 Å². The zero-order chi connectivity index (χ0) is 19.3. The summed E-state index contributed by atoms with van der Waals surface area (Å²) in [5, 5.41) is 2.84. The van der Waals surface area contributed by atoms with Crippen molar-refractivity contribution in [1.29, 1.82) is 0 Å². The lowest BCUT2D eigenvalue weighted by Crippen LogP contribution is -2.12. The highest BCUT2D eigenvalue weighted by atomic mass is 16.7. The fourth-order valence-electron chi connectivity index (χ4n) is 2.86. The van der Waals surface area contributed by atoms with Crippen LogP contribution in [0, 0.1) is 0 Å². The molecule has 1 aliphatic rings. The molecule has 28 heavy (non-hydrogen) atoms. The van der Waals surface area contributed by atoms with E-state index in [0.29, 0.717) is 41.9 Å². The average molecular weight is 380 g/mol. The number of anilines is 1. The summed E-state index contributed by atoms with van der Waals surface area (Å²) in [6.07, 6.45) is 2.34. The normalized spacial score (nSPS) is 12.0. The van der Waals surface area contributed by atoms with Gasteiger partial charge < -0.3 is 23.9 Å². The maximum atomic E-state index is 12.2. The second-order valence-corrected chi connectivity index (χ2v) is 6.19. The van der Waals surface area contributed by atoms with Crippen molar-refractivity contribution in [3.63, 3.8) is 0 Å². The van der Waals surface area contributed by atoms with Crippen LogP contribution in [0.1, 0.15) is 19.2 Å². The summed E-state index contributed by atoms with van der Waals surface area (Å²) in [6, 6.07) is 12.9. The van der Waals surface area contributed by atoms with Crippen LogP contribution in [0.25, 0.3) is 11.3 Å². The number of nitrogens with one attached hydrogen (secondary N) is 1. The largest absolute Gasteiger partial charge is 0.494 e. The molecular formula is C21H20N2O5. The van der Waals surface area contributed by atoms with Gasteiger partial charge in [0.25, 0.3) is 0 Å². The van der Waals surface area contributed by atoms with Gasteiger partial charge in [0, 0.05) is 30.2 Å². The van der Waals surface area contributed by atoms with Crippen molar-refractivity contribution in [1.82, 2.24) is 4.98 Å². The van der Waals surface area contributed by atoms with E-state index >= 15 is 0 Å². The van der Waals surface area contributed by atoms with Crippen LogP contribution in [0.3, 0.4) is 0 Å². The van der Waals surface area contributed by atoms with Crippen LogP contribution in [0.2, 0.25) is 0 Å². The maximum absolute atomic E-state index is 12.2. The van der Waals surface area contributed by atoms with Gasteiger partial charge in [-0.25, -0.2) is 4.98 Å². The van der Waals surface area contributed by atoms with Crippen molar-refractivity contribution >= 4 is 11.6 Å². The van der Waals surface area contributed by atoms with Crippen LogP contribution in [0.4, 0.5) is 5.69 Å². The minimum atomic E-state index is -0.125. The third-order valence-electron chi connectivity index (χ3n) is 4.23. The second kappa shape index (κ2) is 8.04. The Morgan fingerprint density at radius 2 is 1.96 bits per heavy atom. The van der Waals surface area contributed by atoms with E-state index in [0.717, 1.165) is 11.3 Å². The molecule has 1 N–H and O–H groups in total. The Kier molecular flexibility index (Phi) is 5.14. The SMILES string of the molecule is CCOc1ccc(-c2cnc(CCC(=O)Nc3ccc4c(c3)OCO4)o2)cc1. The van der Waals surface area contributed by atoms with Crippen molar-refractivity contribution in [3.8, 4) is 28.6 Å². The Morgan fingerprint density at radius 1 is 1.14 bits per heavy atom. The number of benzene rings is 2. The Hall–Kier alpha value is -3.48. The molecule has 2 heterocycles. The van der Waals surface area contributed by atoms with Gasteiger partial charge in [0.15, 0.2) is 23.1 Å². The smallest absolute Gasteiger partial charge is 0.231 e. The predicted molar refractivity (Wildman–Crippen MR) is 103 cm³/mol. The molecule has 0 bridgehead atoms. The highest BCUT2D eigenvalue weighted by Crippen LogP contribution is 2.34. The number of aromatic nitrogens is 1.